The van der Waals surface area contributed by atoms with E-state index < -0.39 is 0 Å². The van der Waals surface area contributed by atoms with Crippen LogP contribution in [-0.4, -0.2) is 70.7 Å². The molecule has 1 aromatic carbocycles. The zero-order chi connectivity index (χ0) is 20.1. The first kappa shape index (κ1) is 18.7. The molecule has 9 heteroatoms. The Morgan fingerprint density at radius 1 is 1.00 bits per heavy atom. The molecule has 3 heterocycles. The lowest BCUT2D eigenvalue weighted by molar-refractivity contribution is -0.133. The minimum Gasteiger partial charge on any atom is -0.497 e. The smallest absolute Gasteiger partial charge is 0.260 e. The van der Waals surface area contributed by atoms with Gasteiger partial charge in [0.15, 0.2) is 18.2 Å². The quantitative estimate of drug-likeness (QED) is 0.625. The topological polar surface area (TPSA) is 85.6 Å². The van der Waals surface area contributed by atoms with Crippen molar-refractivity contribution in [3.05, 3.63) is 54.9 Å². The van der Waals surface area contributed by atoms with Crippen LogP contribution in [0, 0.1) is 0 Å². The molecule has 0 N–H and O–H groups in total. The number of nitrogens with zero attached hydrogens (tertiary/aromatic N) is 6. The summed E-state index contributed by atoms with van der Waals surface area (Å²) in [6, 6.07) is 12.9. The molecule has 1 aliphatic heterocycles. The van der Waals surface area contributed by atoms with Gasteiger partial charge in [-0.25, -0.2) is 4.68 Å². The Morgan fingerprint density at radius 2 is 1.76 bits per heavy atom. The van der Waals surface area contributed by atoms with Gasteiger partial charge in [0, 0.05) is 44.6 Å². The number of amides is 1. The number of methoxy groups -OCH3 is 1. The van der Waals surface area contributed by atoms with E-state index in [1.54, 1.807) is 30.1 Å². The first-order valence-corrected chi connectivity index (χ1v) is 9.36. The number of hydrogen-bond donors (Lipinski definition) is 0. The average Bonchev–Trinajstić information content (AvgIpc) is 3.33. The summed E-state index contributed by atoms with van der Waals surface area (Å²) in [7, 11) is 1.60. The number of hydrogen-bond acceptors (Lipinski definition) is 7. The standard InChI is InChI=1S/C20H22N6O3/c1-28-16-4-2-5-17(14-16)29-15-20(27)25-12-10-24(11-13-25)18-6-7-19(23-22-18)26-9-3-8-21-26/h2-9,14H,10-13,15H2,1H3. The molecule has 9 nitrogen and oxygen atoms in total. The van der Waals surface area contributed by atoms with Crippen LogP contribution in [0.3, 0.4) is 0 Å². The number of rotatable bonds is 6. The molecule has 0 unspecified atom stereocenters. The van der Waals surface area contributed by atoms with Crippen molar-refractivity contribution in [1.82, 2.24) is 24.9 Å². The molecule has 0 saturated carbocycles. The Bertz CT molecular complexity index is 937. The fourth-order valence-corrected chi connectivity index (χ4v) is 3.13. The van der Waals surface area contributed by atoms with Crippen LogP contribution in [0.2, 0.25) is 0 Å². The zero-order valence-corrected chi connectivity index (χ0v) is 16.1. The molecule has 0 spiro atoms. The van der Waals surface area contributed by atoms with E-state index in [0.717, 1.165) is 5.82 Å². The van der Waals surface area contributed by atoms with Crippen LogP contribution in [0.15, 0.2) is 54.9 Å². The first-order valence-electron chi connectivity index (χ1n) is 9.36. The highest BCUT2D eigenvalue weighted by molar-refractivity contribution is 5.78. The van der Waals surface area contributed by atoms with Crippen LogP contribution >= 0.6 is 0 Å². The van der Waals surface area contributed by atoms with Crippen molar-refractivity contribution < 1.29 is 14.3 Å². The number of carbonyl (C=O) groups excluding carboxylic acids is 1. The Labute approximate surface area is 168 Å². The van der Waals surface area contributed by atoms with Gasteiger partial charge in [-0.15, -0.1) is 10.2 Å². The van der Waals surface area contributed by atoms with Gasteiger partial charge in [-0.2, -0.15) is 5.10 Å². The number of anilines is 1. The molecule has 150 valence electrons. The van der Waals surface area contributed by atoms with Crippen molar-refractivity contribution in [2.24, 2.45) is 0 Å². The average molecular weight is 394 g/mol. The van der Waals surface area contributed by atoms with E-state index in [2.05, 4.69) is 20.2 Å². The van der Waals surface area contributed by atoms with Gasteiger partial charge in [0.2, 0.25) is 0 Å². The maximum absolute atomic E-state index is 12.5. The van der Waals surface area contributed by atoms with E-state index in [-0.39, 0.29) is 12.5 Å². The molecule has 1 amide bonds. The van der Waals surface area contributed by atoms with Gasteiger partial charge in [-0.3, -0.25) is 4.79 Å². The summed E-state index contributed by atoms with van der Waals surface area (Å²) >= 11 is 0. The van der Waals surface area contributed by atoms with Crippen LogP contribution in [-0.2, 0) is 4.79 Å². The van der Waals surface area contributed by atoms with Crippen molar-refractivity contribution in [1.29, 1.82) is 0 Å². The van der Waals surface area contributed by atoms with Crippen LogP contribution in [0.1, 0.15) is 0 Å². The predicted molar refractivity (Wildman–Crippen MR) is 106 cm³/mol. The summed E-state index contributed by atoms with van der Waals surface area (Å²) in [6.45, 7) is 2.62. The fourth-order valence-electron chi connectivity index (χ4n) is 3.13. The van der Waals surface area contributed by atoms with Crippen molar-refractivity contribution in [2.75, 3.05) is 44.8 Å². The highest BCUT2D eigenvalue weighted by Crippen LogP contribution is 2.19. The summed E-state index contributed by atoms with van der Waals surface area (Å²) < 4.78 is 12.4. The van der Waals surface area contributed by atoms with Gasteiger partial charge in [-0.1, -0.05) is 6.07 Å². The van der Waals surface area contributed by atoms with E-state index in [4.69, 9.17) is 9.47 Å². The molecule has 1 aliphatic rings. The van der Waals surface area contributed by atoms with Crippen molar-refractivity contribution in [3.63, 3.8) is 0 Å². The van der Waals surface area contributed by atoms with Gasteiger partial charge >= 0.3 is 0 Å². The van der Waals surface area contributed by atoms with Crippen LogP contribution < -0.4 is 14.4 Å². The third kappa shape index (κ3) is 4.45. The first-order chi connectivity index (χ1) is 14.2. The molecule has 29 heavy (non-hydrogen) atoms. The highest BCUT2D eigenvalue weighted by Gasteiger charge is 2.22. The lowest BCUT2D eigenvalue weighted by atomic mass is 10.3. The maximum atomic E-state index is 12.5. The van der Waals surface area contributed by atoms with Crippen LogP contribution in [0.25, 0.3) is 5.82 Å². The van der Waals surface area contributed by atoms with Gasteiger partial charge in [0.25, 0.3) is 5.91 Å². The van der Waals surface area contributed by atoms with E-state index in [0.29, 0.717) is 43.5 Å². The SMILES string of the molecule is COc1cccc(OCC(=O)N2CCN(c3ccc(-n4cccn4)nn3)CC2)c1. The Balaban J connectivity index is 1.28. The normalized spacial score (nSPS) is 14.0. The molecule has 0 bridgehead atoms. The van der Waals surface area contributed by atoms with Crippen molar-refractivity contribution in [3.8, 4) is 17.3 Å². The molecule has 1 fully saturated rings. The fraction of sp³-hybridized carbons (Fsp3) is 0.300. The number of benzene rings is 1. The lowest BCUT2D eigenvalue weighted by Crippen LogP contribution is -2.50. The summed E-state index contributed by atoms with van der Waals surface area (Å²) in [5.41, 5.74) is 0. The van der Waals surface area contributed by atoms with Crippen molar-refractivity contribution >= 4 is 11.7 Å². The molecular formula is C20H22N6O3. The number of aromatic nitrogens is 4. The van der Waals surface area contributed by atoms with E-state index in [1.807, 2.05) is 41.4 Å². The van der Waals surface area contributed by atoms with Gasteiger partial charge < -0.3 is 19.3 Å². The molecule has 1 saturated heterocycles. The third-order valence-corrected chi connectivity index (χ3v) is 4.74. The van der Waals surface area contributed by atoms with E-state index in [9.17, 15) is 4.79 Å². The molecular weight excluding hydrogens is 372 g/mol. The summed E-state index contributed by atoms with van der Waals surface area (Å²) in [5.74, 6) is 2.74. The molecule has 0 atom stereocenters. The number of piperazine rings is 1. The zero-order valence-electron chi connectivity index (χ0n) is 16.1. The summed E-state index contributed by atoms with van der Waals surface area (Å²) in [6.07, 6.45) is 3.52. The summed E-state index contributed by atoms with van der Waals surface area (Å²) in [4.78, 5) is 16.4. The lowest BCUT2D eigenvalue weighted by Gasteiger charge is -2.35. The Hall–Kier alpha value is -3.62. The minimum absolute atomic E-state index is 0.00550. The molecule has 2 aromatic heterocycles. The van der Waals surface area contributed by atoms with Crippen LogP contribution in [0.4, 0.5) is 5.82 Å². The van der Waals surface area contributed by atoms with Gasteiger partial charge in [-0.05, 0) is 30.3 Å². The number of carbonyl (C=O) groups is 1. The minimum atomic E-state index is -0.0346. The second-order valence-corrected chi connectivity index (χ2v) is 6.54. The maximum Gasteiger partial charge on any atom is 0.260 e. The highest BCUT2D eigenvalue weighted by atomic mass is 16.5. The number of ether oxygens (including phenoxy) is 2. The molecule has 0 aliphatic carbocycles. The Morgan fingerprint density at radius 3 is 2.45 bits per heavy atom. The Kier molecular flexibility index (Phi) is 5.55. The van der Waals surface area contributed by atoms with Crippen molar-refractivity contribution in [2.45, 2.75) is 0 Å². The molecule has 3 aromatic rings. The predicted octanol–water partition coefficient (Wildman–Crippen LogP) is 1.40. The van der Waals surface area contributed by atoms with Gasteiger partial charge in [0.05, 0.1) is 7.11 Å². The van der Waals surface area contributed by atoms with E-state index >= 15 is 0 Å². The molecule has 4 rings (SSSR count). The van der Waals surface area contributed by atoms with Gasteiger partial charge in [0.1, 0.15) is 11.5 Å². The summed E-state index contributed by atoms with van der Waals surface area (Å²) in [5, 5.41) is 12.7. The largest absolute Gasteiger partial charge is 0.497 e. The van der Waals surface area contributed by atoms with Crippen LogP contribution in [0.5, 0.6) is 11.5 Å². The third-order valence-electron chi connectivity index (χ3n) is 4.74. The van der Waals surface area contributed by atoms with E-state index in [1.165, 1.54) is 0 Å². The molecule has 0 radical (unpaired) electrons. The second kappa shape index (κ2) is 8.59. The second-order valence-electron chi connectivity index (χ2n) is 6.54. The monoisotopic (exact) mass is 394 g/mol.